The van der Waals surface area contributed by atoms with Crippen LogP contribution >= 0.6 is 0 Å². The van der Waals surface area contributed by atoms with Crippen LogP contribution in [0.1, 0.15) is 42.1 Å². The van der Waals surface area contributed by atoms with Crippen molar-refractivity contribution in [3.8, 4) is 11.5 Å². The van der Waals surface area contributed by atoms with Crippen molar-refractivity contribution >= 4 is 0 Å². The maximum absolute atomic E-state index is 12.0. The van der Waals surface area contributed by atoms with Crippen molar-refractivity contribution in [3.63, 3.8) is 0 Å². The summed E-state index contributed by atoms with van der Waals surface area (Å²) in [7, 11) is 3.31. The van der Waals surface area contributed by atoms with E-state index < -0.39 is 5.60 Å². The SMILES string of the molecule is COc1cccc(CN(Cc2ccc(C(O)(c3ccccc3)c3ccccc3)o2)C(C)C)c1OC. The number of furan rings is 1. The van der Waals surface area contributed by atoms with Crippen molar-refractivity contribution in [2.75, 3.05) is 14.2 Å². The largest absolute Gasteiger partial charge is 0.493 e. The van der Waals surface area contributed by atoms with Crippen LogP contribution in [0.15, 0.2) is 95.4 Å². The lowest BCUT2D eigenvalue weighted by molar-refractivity contribution is 0.0940. The molecule has 4 rings (SSSR count). The first-order valence-corrected chi connectivity index (χ1v) is 11.8. The summed E-state index contributed by atoms with van der Waals surface area (Å²) in [6, 6.07) is 29.3. The minimum absolute atomic E-state index is 0.251. The molecule has 0 saturated carbocycles. The van der Waals surface area contributed by atoms with Gasteiger partial charge in [0.05, 0.1) is 20.8 Å². The van der Waals surface area contributed by atoms with E-state index in [1.165, 1.54) is 0 Å². The normalized spacial score (nSPS) is 11.7. The van der Waals surface area contributed by atoms with Gasteiger partial charge in [-0.2, -0.15) is 0 Å². The molecule has 0 fully saturated rings. The van der Waals surface area contributed by atoms with Crippen LogP contribution < -0.4 is 9.47 Å². The predicted octanol–water partition coefficient (Wildman–Crippen LogP) is 5.99. The fraction of sp³-hybridized carbons (Fsp3) is 0.267. The zero-order chi connectivity index (χ0) is 24.8. The Morgan fingerprint density at radius 2 is 1.40 bits per heavy atom. The summed E-state index contributed by atoms with van der Waals surface area (Å²) >= 11 is 0. The lowest BCUT2D eigenvalue weighted by Crippen LogP contribution is -2.30. The zero-order valence-electron chi connectivity index (χ0n) is 20.8. The molecule has 0 aliphatic carbocycles. The Morgan fingerprint density at radius 3 is 1.94 bits per heavy atom. The summed E-state index contributed by atoms with van der Waals surface area (Å²) in [6.07, 6.45) is 0. The summed E-state index contributed by atoms with van der Waals surface area (Å²) in [5.74, 6) is 2.72. The van der Waals surface area contributed by atoms with Gasteiger partial charge in [0.15, 0.2) is 17.1 Å². The maximum atomic E-state index is 12.0. The summed E-state index contributed by atoms with van der Waals surface area (Å²) < 4.78 is 17.4. The third-order valence-corrected chi connectivity index (χ3v) is 6.35. The summed E-state index contributed by atoms with van der Waals surface area (Å²) in [5.41, 5.74) is 1.17. The quantitative estimate of drug-likeness (QED) is 0.308. The maximum Gasteiger partial charge on any atom is 0.173 e. The summed E-state index contributed by atoms with van der Waals surface area (Å²) in [4.78, 5) is 2.30. The van der Waals surface area contributed by atoms with Crippen LogP contribution in [0.2, 0.25) is 0 Å². The number of methoxy groups -OCH3 is 2. The second-order valence-electron chi connectivity index (χ2n) is 8.86. The molecular formula is C30H33NO4. The Hall–Kier alpha value is -3.54. The summed E-state index contributed by atoms with van der Waals surface area (Å²) in [6.45, 7) is 5.55. The highest BCUT2D eigenvalue weighted by atomic mass is 16.5. The molecule has 0 atom stereocenters. The molecule has 0 aliphatic rings. The Kier molecular flexibility index (Phi) is 7.59. The fourth-order valence-corrected chi connectivity index (χ4v) is 4.39. The van der Waals surface area contributed by atoms with Gasteiger partial charge in [0.25, 0.3) is 0 Å². The van der Waals surface area contributed by atoms with Gasteiger partial charge in [-0.3, -0.25) is 4.90 Å². The van der Waals surface area contributed by atoms with Crippen LogP contribution in [-0.4, -0.2) is 30.3 Å². The molecule has 0 radical (unpaired) electrons. The predicted molar refractivity (Wildman–Crippen MR) is 138 cm³/mol. The van der Waals surface area contributed by atoms with Gasteiger partial charge in [0.2, 0.25) is 0 Å². The van der Waals surface area contributed by atoms with Crippen molar-refractivity contribution < 1.29 is 19.0 Å². The van der Waals surface area contributed by atoms with Gasteiger partial charge in [-0.25, -0.2) is 0 Å². The van der Waals surface area contributed by atoms with E-state index >= 15 is 0 Å². The molecule has 5 heteroatoms. The van der Waals surface area contributed by atoms with E-state index in [0.29, 0.717) is 24.6 Å². The standard InChI is InChI=1S/C30H33NO4/c1-22(2)31(20-23-12-11-17-27(33-3)29(23)34-4)21-26-18-19-28(35-26)30(32,24-13-7-5-8-14-24)25-15-9-6-10-16-25/h5-19,22,32H,20-21H2,1-4H3. The van der Waals surface area contributed by atoms with E-state index in [4.69, 9.17) is 13.9 Å². The zero-order valence-corrected chi connectivity index (χ0v) is 20.8. The average Bonchev–Trinajstić information content (AvgIpc) is 3.37. The van der Waals surface area contributed by atoms with Crippen molar-refractivity contribution in [3.05, 3.63) is 119 Å². The molecule has 1 N–H and O–H groups in total. The number of benzene rings is 3. The topological polar surface area (TPSA) is 55.1 Å². The summed E-state index contributed by atoms with van der Waals surface area (Å²) in [5, 5.41) is 12.0. The molecule has 0 amide bonds. The van der Waals surface area contributed by atoms with E-state index in [9.17, 15) is 5.11 Å². The van der Waals surface area contributed by atoms with E-state index in [-0.39, 0.29) is 6.04 Å². The number of nitrogens with zero attached hydrogens (tertiary/aromatic N) is 1. The minimum atomic E-state index is -1.39. The number of para-hydroxylation sites is 1. The number of hydrogen-bond donors (Lipinski definition) is 1. The van der Waals surface area contributed by atoms with Gasteiger partial charge in [0.1, 0.15) is 11.5 Å². The van der Waals surface area contributed by atoms with E-state index in [0.717, 1.165) is 28.2 Å². The van der Waals surface area contributed by atoms with Crippen LogP contribution in [-0.2, 0) is 18.7 Å². The highest BCUT2D eigenvalue weighted by Gasteiger charge is 2.37. The Bertz CT molecular complexity index is 1180. The highest BCUT2D eigenvalue weighted by molar-refractivity contribution is 5.47. The van der Waals surface area contributed by atoms with Crippen LogP contribution in [0.5, 0.6) is 11.5 Å². The van der Waals surface area contributed by atoms with Crippen molar-refractivity contribution in [1.82, 2.24) is 4.90 Å². The van der Waals surface area contributed by atoms with Gasteiger partial charge in [0, 0.05) is 18.2 Å². The molecular weight excluding hydrogens is 438 g/mol. The monoisotopic (exact) mass is 471 g/mol. The molecule has 0 saturated heterocycles. The Balaban J connectivity index is 1.65. The first-order chi connectivity index (χ1) is 17.0. The number of hydrogen-bond acceptors (Lipinski definition) is 5. The van der Waals surface area contributed by atoms with Gasteiger partial charge in [-0.1, -0.05) is 72.8 Å². The Morgan fingerprint density at radius 1 is 0.771 bits per heavy atom. The van der Waals surface area contributed by atoms with Gasteiger partial charge in [-0.05, 0) is 43.2 Å². The Labute approximate surface area is 207 Å². The highest BCUT2D eigenvalue weighted by Crippen LogP contribution is 2.38. The van der Waals surface area contributed by atoms with Gasteiger partial charge >= 0.3 is 0 Å². The second-order valence-corrected chi connectivity index (χ2v) is 8.86. The van der Waals surface area contributed by atoms with Gasteiger partial charge < -0.3 is 19.0 Å². The smallest absolute Gasteiger partial charge is 0.173 e. The first-order valence-electron chi connectivity index (χ1n) is 11.8. The number of rotatable bonds is 10. The van der Waals surface area contributed by atoms with E-state index in [1.54, 1.807) is 14.2 Å². The van der Waals surface area contributed by atoms with E-state index in [1.807, 2.05) is 91.0 Å². The van der Waals surface area contributed by atoms with Gasteiger partial charge in [-0.15, -0.1) is 0 Å². The van der Waals surface area contributed by atoms with Crippen LogP contribution in [0.3, 0.4) is 0 Å². The molecule has 0 unspecified atom stereocenters. The minimum Gasteiger partial charge on any atom is -0.493 e. The molecule has 1 aromatic heterocycles. The second kappa shape index (κ2) is 10.8. The third-order valence-electron chi connectivity index (χ3n) is 6.35. The van der Waals surface area contributed by atoms with Crippen LogP contribution in [0.4, 0.5) is 0 Å². The number of aliphatic hydroxyl groups is 1. The van der Waals surface area contributed by atoms with Crippen molar-refractivity contribution in [2.24, 2.45) is 0 Å². The fourth-order valence-electron chi connectivity index (χ4n) is 4.39. The lowest BCUT2D eigenvalue weighted by atomic mass is 9.84. The average molecular weight is 472 g/mol. The molecule has 1 heterocycles. The molecule has 0 bridgehead atoms. The molecule has 3 aromatic carbocycles. The van der Waals surface area contributed by atoms with Crippen LogP contribution in [0, 0.1) is 0 Å². The van der Waals surface area contributed by atoms with Crippen LogP contribution in [0.25, 0.3) is 0 Å². The molecule has 4 aromatic rings. The number of ether oxygens (including phenoxy) is 2. The first kappa shape index (κ1) is 24.6. The lowest BCUT2D eigenvalue weighted by Gasteiger charge is -2.28. The molecule has 0 aliphatic heterocycles. The molecule has 0 spiro atoms. The molecule has 182 valence electrons. The van der Waals surface area contributed by atoms with Crippen molar-refractivity contribution in [2.45, 2.75) is 38.6 Å². The molecule has 35 heavy (non-hydrogen) atoms. The van der Waals surface area contributed by atoms with Crippen molar-refractivity contribution in [1.29, 1.82) is 0 Å². The third kappa shape index (κ3) is 5.11. The van der Waals surface area contributed by atoms with E-state index in [2.05, 4.69) is 18.7 Å². The molecule has 5 nitrogen and oxygen atoms in total.